The van der Waals surface area contributed by atoms with Gasteiger partial charge in [-0.1, -0.05) is 5.92 Å². The van der Waals surface area contributed by atoms with Crippen LogP contribution in [0.1, 0.15) is 12.7 Å². The fraction of sp³-hybridized carbons (Fsp3) is 0.167. The summed E-state index contributed by atoms with van der Waals surface area (Å²) in [5.74, 6) is 5.90. The first-order chi connectivity index (χ1) is 4.43. The molecule has 0 aliphatic heterocycles. The van der Waals surface area contributed by atoms with Gasteiger partial charge in [-0.25, -0.2) is 15.0 Å². The molecule has 9 heavy (non-hydrogen) atoms. The minimum absolute atomic E-state index is 0.521. The molecule has 0 spiro atoms. The van der Waals surface area contributed by atoms with E-state index in [0.717, 1.165) is 0 Å². The molecule has 0 bridgehead atoms. The molecule has 0 aromatic carbocycles. The van der Waals surface area contributed by atoms with Crippen molar-refractivity contribution in [3.8, 4) is 11.8 Å². The maximum Gasteiger partial charge on any atom is 0.207 e. The van der Waals surface area contributed by atoms with E-state index in [-0.39, 0.29) is 0 Å². The maximum atomic E-state index is 3.77. The molecule has 0 fully saturated rings. The van der Waals surface area contributed by atoms with E-state index in [1.54, 1.807) is 6.92 Å². The second-order valence-electron chi connectivity index (χ2n) is 1.34. The quantitative estimate of drug-likeness (QED) is 0.459. The number of hydrogen-bond acceptors (Lipinski definition) is 3. The van der Waals surface area contributed by atoms with Crippen molar-refractivity contribution in [3.05, 3.63) is 18.5 Å². The van der Waals surface area contributed by atoms with E-state index < -0.39 is 0 Å². The Labute approximate surface area is 53.2 Å². The number of nitrogens with zero attached hydrogens (tertiary/aromatic N) is 3. The maximum absolute atomic E-state index is 3.77. The summed E-state index contributed by atoms with van der Waals surface area (Å²) in [7, 11) is 0. The van der Waals surface area contributed by atoms with Crippen molar-refractivity contribution in [1.82, 2.24) is 15.0 Å². The first-order valence-corrected chi connectivity index (χ1v) is 2.48. The van der Waals surface area contributed by atoms with E-state index >= 15 is 0 Å². The summed E-state index contributed by atoms with van der Waals surface area (Å²) >= 11 is 0. The summed E-state index contributed by atoms with van der Waals surface area (Å²) in [4.78, 5) is 11.2. The van der Waals surface area contributed by atoms with Crippen LogP contribution in [0.15, 0.2) is 12.7 Å². The van der Waals surface area contributed by atoms with Gasteiger partial charge in [0.2, 0.25) is 5.82 Å². The second-order valence-corrected chi connectivity index (χ2v) is 1.34. The summed E-state index contributed by atoms with van der Waals surface area (Å²) in [6.45, 7) is 1.74. The predicted octanol–water partition coefficient (Wildman–Crippen LogP) is 0.243. The first kappa shape index (κ1) is 5.70. The molecule has 0 saturated heterocycles. The fourth-order valence-corrected chi connectivity index (χ4v) is 0.416. The van der Waals surface area contributed by atoms with Crippen molar-refractivity contribution >= 4 is 0 Å². The lowest BCUT2D eigenvalue weighted by Gasteiger charge is -1.81. The van der Waals surface area contributed by atoms with Crippen LogP contribution in [0.2, 0.25) is 0 Å². The molecule has 1 rings (SSSR count). The van der Waals surface area contributed by atoms with Gasteiger partial charge in [0.1, 0.15) is 12.7 Å². The van der Waals surface area contributed by atoms with Crippen LogP contribution in [0, 0.1) is 11.8 Å². The molecule has 0 saturated carbocycles. The Morgan fingerprint density at radius 1 is 1.33 bits per heavy atom. The average molecular weight is 119 g/mol. The van der Waals surface area contributed by atoms with Crippen molar-refractivity contribution in [2.45, 2.75) is 6.92 Å². The molecular weight excluding hydrogens is 114 g/mol. The normalized spacial score (nSPS) is 7.67. The van der Waals surface area contributed by atoms with Crippen LogP contribution in [-0.2, 0) is 0 Å². The van der Waals surface area contributed by atoms with Gasteiger partial charge in [-0.2, -0.15) is 0 Å². The summed E-state index contributed by atoms with van der Waals surface area (Å²) in [6, 6.07) is 0. The SMILES string of the molecule is CC#Cc1ncncn1. The van der Waals surface area contributed by atoms with Crippen LogP contribution in [0.25, 0.3) is 0 Å². The molecule has 3 heteroatoms. The zero-order valence-corrected chi connectivity index (χ0v) is 5.00. The highest BCUT2D eigenvalue weighted by Gasteiger charge is 1.81. The van der Waals surface area contributed by atoms with Crippen molar-refractivity contribution in [2.75, 3.05) is 0 Å². The van der Waals surface area contributed by atoms with E-state index in [4.69, 9.17) is 0 Å². The molecule has 3 nitrogen and oxygen atoms in total. The fourth-order valence-electron chi connectivity index (χ4n) is 0.416. The van der Waals surface area contributed by atoms with Gasteiger partial charge in [-0.3, -0.25) is 0 Å². The molecule has 0 radical (unpaired) electrons. The molecule has 1 aromatic heterocycles. The van der Waals surface area contributed by atoms with Crippen LogP contribution in [0.5, 0.6) is 0 Å². The van der Waals surface area contributed by atoms with Crippen molar-refractivity contribution in [2.24, 2.45) is 0 Å². The smallest absolute Gasteiger partial charge is 0.207 e. The third-order valence-electron chi connectivity index (χ3n) is 0.730. The Hall–Kier alpha value is -1.43. The van der Waals surface area contributed by atoms with Gasteiger partial charge >= 0.3 is 0 Å². The Balaban J connectivity index is 2.94. The molecule has 0 amide bonds. The van der Waals surface area contributed by atoms with E-state index in [1.807, 2.05) is 0 Å². The predicted molar refractivity (Wildman–Crippen MR) is 32.4 cm³/mol. The third kappa shape index (κ3) is 1.50. The first-order valence-electron chi connectivity index (χ1n) is 2.48. The van der Waals surface area contributed by atoms with Crippen LogP contribution < -0.4 is 0 Å². The summed E-state index contributed by atoms with van der Waals surface area (Å²) < 4.78 is 0. The summed E-state index contributed by atoms with van der Waals surface area (Å²) in [5, 5.41) is 0. The minimum atomic E-state index is 0.521. The number of aromatic nitrogens is 3. The number of rotatable bonds is 0. The van der Waals surface area contributed by atoms with Gasteiger partial charge in [-0.05, 0) is 12.8 Å². The second kappa shape index (κ2) is 2.78. The molecule has 44 valence electrons. The zero-order chi connectivity index (χ0) is 6.53. The van der Waals surface area contributed by atoms with Crippen LogP contribution >= 0.6 is 0 Å². The van der Waals surface area contributed by atoms with E-state index in [2.05, 4.69) is 26.8 Å². The Kier molecular flexibility index (Phi) is 1.76. The van der Waals surface area contributed by atoms with Crippen LogP contribution in [-0.4, -0.2) is 15.0 Å². The third-order valence-corrected chi connectivity index (χ3v) is 0.730. The van der Waals surface area contributed by atoms with Crippen LogP contribution in [0.3, 0.4) is 0 Å². The zero-order valence-electron chi connectivity index (χ0n) is 5.00. The summed E-state index contributed by atoms with van der Waals surface area (Å²) in [6.07, 6.45) is 2.85. The molecule has 0 aliphatic carbocycles. The number of hydrogen-bond donors (Lipinski definition) is 0. The van der Waals surface area contributed by atoms with Gasteiger partial charge < -0.3 is 0 Å². The minimum Gasteiger partial charge on any atom is -0.225 e. The molecule has 0 aliphatic rings. The van der Waals surface area contributed by atoms with E-state index in [9.17, 15) is 0 Å². The molecular formula is C6H5N3. The van der Waals surface area contributed by atoms with Crippen molar-refractivity contribution in [3.63, 3.8) is 0 Å². The lowest BCUT2D eigenvalue weighted by atomic mass is 10.6. The standard InChI is InChI=1S/C6H5N3/c1-2-3-6-8-4-7-5-9-6/h4-5H,1H3. The largest absolute Gasteiger partial charge is 0.225 e. The highest BCUT2D eigenvalue weighted by atomic mass is 15.0. The van der Waals surface area contributed by atoms with Crippen LogP contribution in [0.4, 0.5) is 0 Å². The van der Waals surface area contributed by atoms with Gasteiger partial charge in [0.25, 0.3) is 0 Å². The van der Waals surface area contributed by atoms with Gasteiger partial charge in [0, 0.05) is 0 Å². The molecule has 1 aromatic rings. The Bertz CT molecular complexity index is 231. The lowest BCUT2D eigenvalue weighted by Crippen LogP contribution is -1.86. The van der Waals surface area contributed by atoms with Crippen molar-refractivity contribution in [1.29, 1.82) is 0 Å². The monoisotopic (exact) mass is 119 g/mol. The molecule has 0 N–H and O–H groups in total. The van der Waals surface area contributed by atoms with Gasteiger partial charge in [0.15, 0.2) is 0 Å². The Morgan fingerprint density at radius 3 is 2.56 bits per heavy atom. The molecule has 0 atom stereocenters. The summed E-state index contributed by atoms with van der Waals surface area (Å²) in [5.41, 5.74) is 0. The Morgan fingerprint density at radius 2 is 2.00 bits per heavy atom. The topological polar surface area (TPSA) is 38.7 Å². The molecule has 0 unspecified atom stereocenters. The highest BCUT2D eigenvalue weighted by molar-refractivity contribution is 5.16. The van der Waals surface area contributed by atoms with E-state index in [0.29, 0.717) is 5.82 Å². The molecule has 1 heterocycles. The average Bonchev–Trinajstić information content (AvgIpc) is 1.91. The van der Waals surface area contributed by atoms with Gasteiger partial charge in [-0.15, -0.1) is 0 Å². The van der Waals surface area contributed by atoms with Gasteiger partial charge in [0.05, 0.1) is 0 Å². The highest BCUT2D eigenvalue weighted by Crippen LogP contribution is 1.77. The lowest BCUT2D eigenvalue weighted by molar-refractivity contribution is 1.02. The van der Waals surface area contributed by atoms with Crippen molar-refractivity contribution < 1.29 is 0 Å². The van der Waals surface area contributed by atoms with E-state index in [1.165, 1.54) is 12.7 Å².